The third-order valence-corrected chi connectivity index (χ3v) is 4.65. The van der Waals surface area contributed by atoms with E-state index in [1.807, 2.05) is 48.5 Å². The minimum atomic E-state index is -0.547. The lowest BCUT2D eigenvalue weighted by Gasteiger charge is -2.12. The first-order chi connectivity index (χ1) is 14.6. The highest BCUT2D eigenvalue weighted by molar-refractivity contribution is 5.96. The van der Waals surface area contributed by atoms with Gasteiger partial charge in [0.05, 0.1) is 20.0 Å². The largest absolute Gasteiger partial charge is 0.497 e. The second kappa shape index (κ2) is 8.57. The number of furan rings is 1. The topological polar surface area (TPSA) is 99.6 Å². The summed E-state index contributed by atoms with van der Waals surface area (Å²) >= 11 is 0. The van der Waals surface area contributed by atoms with E-state index in [-0.39, 0.29) is 5.69 Å². The Morgan fingerprint density at radius 1 is 1.17 bits per heavy atom. The number of methoxy groups -OCH3 is 1. The monoisotopic (exact) mass is 403 g/mol. The number of carbonyl (C=O) groups excluding carboxylic acids is 1. The molecule has 0 aliphatic rings. The maximum absolute atomic E-state index is 11.3. The number of nitrogens with zero attached hydrogens (tertiary/aromatic N) is 1. The van der Waals surface area contributed by atoms with Crippen molar-refractivity contribution in [1.29, 1.82) is 0 Å². The van der Waals surface area contributed by atoms with E-state index in [1.165, 1.54) is 0 Å². The summed E-state index contributed by atoms with van der Waals surface area (Å²) in [6, 6.07) is 16.9. The Kier molecular flexibility index (Phi) is 5.52. The van der Waals surface area contributed by atoms with Gasteiger partial charge < -0.3 is 24.9 Å². The van der Waals surface area contributed by atoms with Gasteiger partial charge in [-0.1, -0.05) is 6.07 Å². The molecule has 7 nitrogen and oxygen atoms in total. The first-order valence-electron chi connectivity index (χ1n) is 9.43. The number of fused-ring (bicyclic) bond motifs is 1. The van der Waals surface area contributed by atoms with E-state index in [4.69, 9.17) is 19.6 Å². The lowest BCUT2D eigenvalue weighted by Crippen LogP contribution is -2.13. The van der Waals surface area contributed by atoms with Gasteiger partial charge in [-0.25, -0.2) is 0 Å². The molecule has 0 aliphatic heterocycles. The van der Waals surface area contributed by atoms with Crippen molar-refractivity contribution in [1.82, 2.24) is 4.98 Å². The van der Waals surface area contributed by atoms with Crippen LogP contribution in [-0.4, -0.2) is 24.6 Å². The van der Waals surface area contributed by atoms with Gasteiger partial charge in [0.1, 0.15) is 11.4 Å². The van der Waals surface area contributed by atoms with E-state index >= 15 is 0 Å². The molecule has 0 radical (unpaired) electrons. The molecule has 152 valence electrons. The normalized spacial score (nSPS) is 10.7. The molecule has 0 unspecified atom stereocenters. The predicted octanol–water partition coefficient (Wildman–Crippen LogP) is 4.30. The third-order valence-electron chi connectivity index (χ3n) is 4.65. The summed E-state index contributed by atoms with van der Waals surface area (Å²) in [5, 5.41) is 4.30. The number of nitrogens with two attached hydrogens (primary N) is 1. The molecular formula is C23H21N3O4. The Morgan fingerprint density at radius 2 is 2.07 bits per heavy atom. The Balaban J connectivity index is 1.48. The fourth-order valence-corrected chi connectivity index (χ4v) is 3.16. The molecule has 0 saturated carbocycles. The highest BCUT2D eigenvalue weighted by Gasteiger charge is 2.11. The third kappa shape index (κ3) is 4.20. The van der Waals surface area contributed by atoms with Gasteiger partial charge in [-0.3, -0.25) is 9.78 Å². The molecule has 2 heterocycles. The van der Waals surface area contributed by atoms with Crippen LogP contribution in [0.2, 0.25) is 0 Å². The zero-order valence-electron chi connectivity index (χ0n) is 16.4. The first kappa shape index (κ1) is 19.3. The van der Waals surface area contributed by atoms with Crippen LogP contribution in [0.4, 0.5) is 11.4 Å². The molecule has 0 aliphatic carbocycles. The van der Waals surface area contributed by atoms with Crippen LogP contribution in [0.15, 0.2) is 71.5 Å². The average Bonchev–Trinajstić information content (AvgIpc) is 3.26. The van der Waals surface area contributed by atoms with Crippen molar-refractivity contribution in [3.05, 3.63) is 78.3 Å². The fourth-order valence-electron chi connectivity index (χ4n) is 3.16. The summed E-state index contributed by atoms with van der Waals surface area (Å²) in [6.07, 6.45) is 3.81. The SMILES string of the molecule is COc1cccc(Nc2ccc(OCCc3ccnc(C(N)=O)c3)c3occc23)c1. The van der Waals surface area contributed by atoms with Crippen molar-refractivity contribution in [3.63, 3.8) is 0 Å². The molecule has 4 rings (SSSR count). The molecule has 1 amide bonds. The Bertz CT molecular complexity index is 1190. The number of aromatic nitrogens is 1. The van der Waals surface area contributed by atoms with Gasteiger partial charge in [0, 0.05) is 35.4 Å². The van der Waals surface area contributed by atoms with Gasteiger partial charge in [0.2, 0.25) is 0 Å². The van der Waals surface area contributed by atoms with Gasteiger partial charge in [0.15, 0.2) is 11.3 Å². The number of anilines is 2. The second-order valence-electron chi connectivity index (χ2n) is 6.64. The molecule has 7 heteroatoms. The number of rotatable bonds is 8. The molecule has 0 atom stereocenters. The standard InChI is InChI=1S/C23H21N3O4/c1-28-17-4-2-3-16(14-17)26-19-5-6-21(22-18(19)9-12-30-22)29-11-8-15-7-10-25-20(13-15)23(24)27/h2-7,9-10,12-14,26H,8,11H2,1H3,(H2,24,27). The molecule has 0 spiro atoms. The zero-order valence-corrected chi connectivity index (χ0v) is 16.4. The summed E-state index contributed by atoms with van der Waals surface area (Å²) in [5.41, 5.74) is 8.92. The molecule has 2 aromatic heterocycles. The van der Waals surface area contributed by atoms with Gasteiger partial charge in [-0.2, -0.15) is 0 Å². The smallest absolute Gasteiger partial charge is 0.267 e. The Morgan fingerprint density at radius 3 is 2.90 bits per heavy atom. The molecular weight excluding hydrogens is 382 g/mol. The van der Waals surface area contributed by atoms with Crippen molar-refractivity contribution < 1.29 is 18.7 Å². The number of carbonyl (C=O) groups is 1. The van der Waals surface area contributed by atoms with Crippen molar-refractivity contribution in [2.24, 2.45) is 5.73 Å². The maximum atomic E-state index is 11.3. The molecule has 4 aromatic rings. The molecule has 0 bridgehead atoms. The highest BCUT2D eigenvalue weighted by Crippen LogP contribution is 2.34. The molecule has 0 saturated heterocycles. The number of primary amides is 1. The van der Waals surface area contributed by atoms with E-state index in [9.17, 15) is 4.79 Å². The number of hydrogen-bond donors (Lipinski definition) is 2. The maximum Gasteiger partial charge on any atom is 0.267 e. The summed E-state index contributed by atoms with van der Waals surface area (Å²) in [6.45, 7) is 0.417. The van der Waals surface area contributed by atoms with Crippen molar-refractivity contribution in [2.45, 2.75) is 6.42 Å². The van der Waals surface area contributed by atoms with Crippen LogP contribution >= 0.6 is 0 Å². The van der Waals surface area contributed by atoms with Crippen molar-refractivity contribution in [3.8, 4) is 11.5 Å². The number of hydrogen-bond acceptors (Lipinski definition) is 6. The van der Waals surface area contributed by atoms with E-state index in [2.05, 4.69) is 10.3 Å². The quantitative estimate of drug-likeness (QED) is 0.455. The molecule has 2 aromatic carbocycles. The molecule has 3 N–H and O–H groups in total. The van der Waals surface area contributed by atoms with E-state index in [0.717, 1.165) is 28.1 Å². The summed E-state index contributed by atoms with van der Waals surface area (Å²) in [4.78, 5) is 15.2. The van der Waals surface area contributed by atoms with E-state index in [1.54, 1.807) is 25.6 Å². The highest BCUT2D eigenvalue weighted by atomic mass is 16.5. The molecule has 30 heavy (non-hydrogen) atoms. The van der Waals surface area contributed by atoms with Crippen LogP contribution < -0.4 is 20.5 Å². The van der Waals surface area contributed by atoms with Crippen LogP contribution in [0.25, 0.3) is 11.0 Å². The van der Waals surface area contributed by atoms with Gasteiger partial charge >= 0.3 is 0 Å². The number of ether oxygens (including phenoxy) is 2. The lowest BCUT2D eigenvalue weighted by atomic mass is 10.1. The summed E-state index contributed by atoms with van der Waals surface area (Å²) in [7, 11) is 1.64. The van der Waals surface area contributed by atoms with E-state index < -0.39 is 5.91 Å². The van der Waals surface area contributed by atoms with Crippen LogP contribution in [0.5, 0.6) is 11.5 Å². The Labute approximate surface area is 173 Å². The summed E-state index contributed by atoms with van der Waals surface area (Å²) < 4.78 is 16.9. The fraction of sp³-hybridized carbons (Fsp3) is 0.130. The number of amides is 1. The van der Waals surface area contributed by atoms with Crippen molar-refractivity contribution in [2.75, 3.05) is 19.0 Å². The van der Waals surface area contributed by atoms with Gasteiger partial charge in [-0.05, 0) is 48.0 Å². The van der Waals surface area contributed by atoms with Crippen LogP contribution in [0.1, 0.15) is 16.1 Å². The van der Waals surface area contributed by atoms with Crippen LogP contribution in [0.3, 0.4) is 0 Å². The Hall–Kier alpha value is -4.00. The van der Waals surface area contributed by atoms with Crippen LogP contribution in [0, 0.1) is 0 Å². The second-order valence-corrected chi connectivity index (χ2v) is 6.64. The number of benzene rings is 2. The lowest BCUT2D eigenvalue weighted by molar-refractivity contribution is 0.0995. The minimum Gasteiger partial charge on any atom is -0.497 e. The number of nitrogens with one attached hydrogen (secondary N) is 1. The first-order valence-corrected chi connectivity index (χ1v) is 9.43. The number of pyridine rings is 1. The average molecular weight is 403 g/mol. The zero-order chi connectivity index (χ0) is 20.9. The minimum absolute atomic E-state index is 0.244. The van der Waals surface area contributed by atoms with E-state index in [0.29, 0.717) is 24.4 Å². The van der Waals surface area contributed by atoms with Gasteiger partial charge in [0.25, 0.3) is 5.91 Å². The predicted molar refractivity (Wildman–Crippen MR) is 114 cm³/mol. The van der Waals surface area contributed by atoms with Crippen molar-refractivity contribution >= 4 is 28.3 Å². The summed E-state index contributed by atoms with van der Waals surface area (Å²) in [5.74, 6) is 0.878. The molecule has 0 fully saturated rings. The van der Waals surface area contributed by atoms with Gasteiger partial charge in [-0.15, -0.1) is 0 Å². The van der Waals surface area contributed by atoms with Crippen LogP contribution in [-0.2, 0) is 6.42 Å².